The lowest BCUT2D eigenvalue weighted by atomic mass is 10.1. The van der Waals surface area contributed by atoms with E-state index < -0.39 is 6.04 Å². The maximum absolute atomic E-state index is 11.9. The Hall–Kier alpha value is -1.72. The minimum atomic E-state index is -0.541. The monoisotopic (exact) mass is 311 g/mol. The Labute approximate surface area is 124 Å². The van der Waals surface area contributed by atoms with Gasteiger partial charge in [-0.3, -0.25) is 9.69 Å². The molecule has 0 radical (unpaired) electrons. The molecule has 1 aliphatic heterocycles. The number of imide groups is 1. The number of aromatic amines is 1. The molecule has 0 spiro atoms. The van der Waals surface area contributed by atoms with E-state index in [1.807, 2.05) is 6.07 Å². The zero-order valence-corrected chi connectivity index (χ0v) is 12.0. The van der Waals surface area contributed by atoms with Crippen LogP contribution in [0, 0.1) is 0 Å². The number of carbonyl (C=O) groups excluding carboxylic acids is 2. The Morgan fingerprint density at radius 2 is 2.05 bits per heavy atom. The van der Waals surface area contributed by atoms with Gasteiger partial charge in [0.05, 0.1) is 15.6 Å². The first-order valence-corrected chi connectivity index (χ1v) is 6.76. The van der Waals surface area contributed by atoms with Crippen LogP contribution < -0.4 is 5.32 Å². The third-order valence-electron chi connectivity index (χ3n) is 3.49. The normalized spacial score (nSPS) is 18.9. The third kappa shape index (κ3) is 1.94. The highest BCUT2D eigenvalue weighted by Crippen LogP contribution is 2.32. The van der Waals surface area contributed by atoms with Crippen LogP contribution in [0.1, 0.15) is 5.56 Å². The molecule has 3 amide bonds. The SMILES string of the molecule is CN1C(=O)NC(Cc2c[nH]c3c(Cl)c(Cl)ccc23)C1=O. The molecule has 1 aromatic carbocycles. The van der Waals surface area contributed by atoms with Crippen LogP contribution in [-0.2, 0) is 11.2 Å². The highest BCUT2D eigenvalue weighted by atomic mass is 35.5. The van der Waals surface area contributed by atoms with Gasteiger partial charge in [-0.2, -0.15) is 0 Å². The molecule has 7 heteroatoms. The van der Waals surface area contributed by atoms with Crippen LogP contribution in [-0.4, -0.2) is 34.9 Å². The number of hydrogen-bond donors (Lipinski definition) is 2. The second kappa shape index (κ2) is 4.68. The van der Waals surface area contributed by atoms with E-state index in [9.17, 15) is 9.59 Å². The van der Waals surface area contributed by atoms with Crippen molar-refractivity contribution < 1.29 is 9.59 Å². The summed E-state index contributed by atoms with van der Waals surface area (Å²) < 4.78 is 0. The fourth-order valence-electron chi connectivity index (χ4n) is 2.36. The summed E-state index contributed by atoms with van der Waals surface area (Å²) in [6.45, 7) is 0. The molecule has 0 saturated carbocycles. The van der Waals surface area contributed by atoms with E-state index in [2.05, 4.69) is 10.3 Å². The third-order valence-corrected chi connectivity index (χ3v) is 4.29. The van der Waals surface area contributed by atoms with Crippen LogP contribution in [0.5, 0.6) is 0 Å². The molecule has 1 fully saturated rings. The fraction of sp³-hybridized carbons (Fsp3) is 0.231. The molecule has 1 aromatic heterocycles. The van der Waals surface area contributed by atoms with Gasteiger partial charge in [-0.25, -0.2) is 4.79 Å². The quantitative estimate of drug-likeness (QED) is 0.837. The number of benzene rings is 1. The lowest BCUT2D eigenvalue weighted by molar-refractivity contribution is -0.126. The molecule has 2 N–H and O–H groups in total. The van der Waals surface area contributed by atoms with E-state index in [1.165, 1.54) is 7.05 Å². The Morgan fingerprint density at radius 3 is 2.70 bits per heavy atom. The summed E-state index contributed by atoms with van der Waals surface area (Å²) in [7, 11) is 1.46. The number of nitrogens with zero attached hydrogens (tertiary/aromatic N) is 1. The Balaban J connectivity index is 1.95. The number of aromatic nitrogens is 1. The number of urea groups is 1. The lowest BCUT2D eigenvalue weighted by Crippen LogP contribution is -2.31. The molecule has 1 saturated heterocycles. The molecule has 1 unspecified atom stereocenters. The molecular formula is C13H11Cl2N3O2. The van der Waals surface area contributed by atoms with Crippen molar-refractivity contribution in [2.75, 3.05) is 7.05 Å². The van der Waals surface area contributed by atoms with Gasteiger partial charge in [-0.15, -0.1) is 0 Å². The molecule has 2 heterocycles. The fourth-order valence-corrected chi connectivity index (χ4v) is 2.74. The van der Waals surface area contributed by atoms with Crippen molar-refractivity contribution in [2.45, 2.75) is 12.5 Å². The van der Waals surface area contributed by atoms with Gasteiger partial charge in [-0.05, 0) is 11.6 Å². The van der Waals surface area contributed by atoms with E-state index in [1.54, 1.807) is 12.3 Å². The molecule has 1 aliphatic rings. The maximum atomic E-state index is 11.9. The highest BCUT2D eigenvalue weighted by molar-refractivity contribution is 6.45. The lowest BCUT2D eigenvalue weighted by Gasteiger charge is -2.07. The van der Waals surface area contributed by atoms with Gasteiger partial charge >= 0.3 is 6.03 Å². The van der Waals surface area contributed by atoms with Crippen molar-refractivity contribution >= 4 is 46.0 Å². The summed E-state index contributed by atoms with van der Waals surface area (Å²) in [5, 5.41) is 4.47. The molecule has 2 aromatic rings. The summed E-state index contributed by atoms with van der Waals surface area (Å²) in [5.41, 5.74) is 1.65. The first kappa shape index (κ1) is 13.3. The first-order chi connectivity index (χ1) is 9.49. The van der Waals surface area contributed by atoms with Gasteiger partial charge in [0.25, 0.3) is 5.91 Å². The van der Waals surface area contributed by atoms with Crippen LogP contribution in [0.4, 0.5) is 4.79 Å². The molecule has 1 atom stereocenters. The molecule has 5 nitrogen and oxygen atoms in total. The standard InChI is InChI=1S/C13H11Cl2N3O2/c1-18-12(19)9(17-13(18)20)4-6-5-16-11-7(6)2-3-8(14)10(11)15/h2-3,5,9,16H,4H2,1H3,(H,17,20). The Kier molecular flexibility index (Phi) is 3.11. The smallest absolute Gasteiger partial charge is 0.324 e. The maximum Gasteiger partial charge on any atom is 0.324 e. The summed E-state index contributed by atoms with van der Waals surface area (Å²) in [5.74, 6) is -0.232. The van der Waals surface area contributed by atoms with Gasteiger partial charge < -0.3 is 10.3 Å². The topological polar surface area (TPSA) is 65.2 Å². The molecule has 0 aliphatic carbocycles. The minimum absolute atomic E-state index is 0.232. The van der Waals surface area contributed by atoms with E-state index in [0.717, 1.165) is 21.4 Å². The molecule has 20 heavy (non-hydrogen) atoms. The highest BCUT2D eigenvalue weighted by Gasteiger charge is 2.35. The van der Waals surface area contributed by atoms with Crippen LogP contribution in [0.3, 0.4) is 0 Å². The minimum Gasteiger partial charge on any atom is -0.360 e. The van der Waals surface area contributed by atoms with Gasteiger partial charge in [0, 0.05) is 25.1 Å². The van der Waals surface area contributed by atoms with E-state index in [4.69, 9.17) is 23.2 Å². The number of carbonyl (C=O) groups is 2. The number of nitrogens with one attached hydrogen (secondary N) is 2. The van der Waals surface area contributed by atoms with Crippen molar-refractivity contribution in [1.82, 2.24) is 15.2 Å². The van der Waals surface area contributed by atoms with E-state index in [0.29, 0.717) is 16.5 Å². The van der Waals surface area contributed by atoms with Crippen molar-refractivity contribution in [1.29, 1.82) is 0 Å². The summed E-state index contributed by atoms with van der Waals surface area (Å²) in [4.78, 5) is 27.5. The zero-order chi connectivity index (χ0) is 14.4. The van der Waals surface area contributed by atoms with Crippen molar-refractivity contribution in [3.8, 4) is 0 Å². The molecular weight excluding hydrogens is 301 g/mol. The Morgan fingerprint density at radius 1 is 1.30 bits per heavy atom. The number of halogens is 2. The summed E-state index contributed by atoms with van der Waals surface area (Å²) in [6.07, 6.45) is 2.19. The second-order valence-corrected chi connectivity index (χ2v) is 5.49. The summed E-state index contributed by atoms with van der Waals surface area (Å²) in [6, 6.07) is 2.65. The molecule has 104 valence electrons. The van der Waals surface area contributed by atoms with Crippen LogP contribution in [0.25, 0.3) is 10.9 Å². The largest absolute Gasteiger partial charge is 0.360 e. The molecule has 3 rings (SSSR count). The van der Waals surface area contributed by atoms with Crippen molar-refractivity contribution in [2.24, 2.45) is 0 Å². The molecule has 0 bridgehead atoms. The number of fused-ring (bicyclic) bond motifs is 1. The van der Waals surface area contributed by atoms with Gasteiger partial charge in [0.1, 0.15) is 6.04 Å². The first-order valence-electron chi connectivity index (χ1n) is 6.01. The van der Waals surface area contributed by atoms with Gasteiger partial charge in [-0.1, -0.05) is 29.3 Å². The van der Waals surface area contributed by atoms with Gasteiger partial charge in [0.15, 0.2) is 0 Å². The average Bonchev–Trinajstić information content (AvgIpc) is 2.93. The van der Waals surface area contributed by atoms with E-state index in [-0.39, 0.29) is 11.9 Å². The predicted molar refractivity (Wildman–Crippen MR) is 77.1 cm³/mol. The number of likely N-dealkylation sites (N-methyl/N-ethyl adjacent to an activating group) is 1. The van der Waals surface area contributed by atoms with Crippen LogP contribution in [0.15, 0.2) is 18.3 Å². The number of hydrogen-bond acceptors (Lipinski definition) is 2. The number of rotatable bonds is 2. The van der Waals surface area contributed by atoms with Gasteiger partial charge in [0.2, 0.25) is 0 Å². The predicted octanol–water partition coefficient (Wildman–Crippen LogP) is 2.57. The van der Waals surface area contributed by atoms with E-state index >= 15 is 0 Å². The number of amides is 3. The Bertz CT molecular complexity index is 726. The van der Waals surface area contributed by atoms with Crippen LogP contribution >= 0.6 is 23.2 Å². The van der Waals surface area contributed by atoms with Crippen LogP contribution in [0.2, 0.25) is 10.0 Å². The summed E-state index contributed by atoms with van der Waals surface area (Å²) >= 11 is 12.1. The van der Waals surface area contributed by atoms with Crippen molar-refractivity contribution in [3.63, 3.8) is 0 Å². The zero-order valence-electron chi connectivity index (χ0n) is 10.5. The number of H-pyrrole nitrogens is 1. The average molecular weight is 312 g/mol. The van der Waals surface area contributed by atoms with Crippen molar-refractivity contribution in [3.05, 3.63) is 33.9 Å². The second-order valence-electron chi connectivity index (χ2n) is 4.70.